The summed E-state index contributed by atoms with van der Waals surface area (Å²) < 4.78 is 5.10. The highest BCUT2D eigenvalue weighted by Gasteiger charge is 2.37. The van der Waals surface area contributed by atoms with Gasteiger partial charge in [0.25, 0.3) is 0 Å². The second kappa shape index (κ2) is 5.26. The Morgan fingerprint density at radius 3 is 2.27 bits per heavy atom. The average molecular weight is 215 g/mol. The first-order valence-electron chi connectivity index (χ1n) is 5.24. The molecule has 1 unspecified atom stereocenters. The van der Waals surface area contributed by atoms with Crippen LogP contribution in [0.15, 0.2) is 0 Å². The Kier molecular flexibility index (Phi) is 4.94. The molecule has 0 saturated heterocycles. The second-order valence-electron chi connectivity index (χ2n) is 4.76. The fraction of sp³-hybridized carbons (Fsp3) is 0.818. The van der Waals surface area contributed by atoms with E-state index < -0.39 is 17.1 Å². The molecular weight excluding hydrogens is 194 g/mol. The molecule has 0 bridgehead atoms. The van der Waals surface area contributed by atoms with Gasteiger partial charge in [0.15, 0.2) is 11.8 Å². The minimum absolute atomic E-state index is 0.335. The number of carbonyl (C=O) groups is 2. The first-order valence-corrected chi connectivity index (χ1v) is 5.24. The van der Waals surface area contributed by atoms with Crippen LogP contribution in [0, 0.1) is 0 Å². The van der Waals surface area contributed by atoms with E-state index in [0.717, 1.165) is 12.8 Å². The third-order valence-electron chi connectivity index (χ3n) is 1.93. The molecule has 0 saturated carbocycles. The lowest BCUT2D eigenvalue weighted by Gasteiger charge is -2.27. The van der Waals surface area contributed by atoms with Gasteiger partial charge in [-0.3, -0.25) is 0 Å². The number of hydrogen-bond donors (Lipinski definition) is 1. The molecule has 0 aliphatic carbocycles. The zero-order valence-electron chi connectivity index (χ0n) is 10.0. The third kappa shape index (κ3) is 4.93. The number of rotatable bonds is 5. The number of carbonyl (C=O) groups excluding carboxylic acids is 2. The smallest absolute Gasteiger partial charge is 0.334 e. The Balaban J connectivity index is 4.51. The van der Waals surface area contributed by atoms with Crippen molar-refractivity contribution in [3.63, 3.8) is 0 Å². The van der Waals surface area contributed by atoms with E-state index in [2.05, 4.69) is 0 Å². The Morgan fingerprint density at radius 1 is 1.40 bits per heavy atom. The van der Waals surface area contributed by atoms with Crippen molar-refractivity contribution in [2.75, 3.05) is 0 Å². The molecule has 0 amide bonds. The molecule has 88 valence electrons. The molecule has 0 aromatic carbocycles. The number of nitrogens with two attached hydrogens (primary N) is 1. The number of aldehydes is 1. The Hall–Kier alpha value is -0.900. The monoisotopic (exact) mass is 215 g/mol. The van der Waals surface area contributed by atoms with Crippen LogP contribution in [0.25, 0.3) is 0 Å². The van der Waals surface area contributed by atoms with Gasteiger partial charge in [-0.05, 0) is 27.2 Å². The van der Waals surface area contributed by atoms with Crippen LogP contribution in [0.4, 0.5) is 0 Å². The number of ether oxygens (including phenoxy) is 1. The summed E-state index contributed by atoms with van der Waals surface area (Å²) in [4.78, 5) is 22.5. The van der Waals surface area contributed by atoms with E-state index in [1.165, 1.54) is 0 Å². The largest absolute Gasteiger partial charge is 0.458 e. The van der Waals surface area contributed by atoms with Crippen molar-refractivity contribution < 1.29 is 14.3 Å². The minimum Gasteiger partial charge on any atom is -0.458 e. The summed E-state index contributed by atoms with van der Waals surface area (Å²) in [5.74, 6) is -0.640. The van der Waals surface area contributed by atoms with Gasteiger partial charge >= 0.3 is 5.97 Å². The third-order valence-corrected chi connectivity index (χ3v) is 1.93. The SMILES string of the molecule is CCCCC(N)(C=O)C(=O)OC(C)(C)C. The molecule has 0 aromatic rings. The van der Waals surface area contributed by atoms with Crippen molar-refractivity contribution in [2.45, 2.75) is 58.1 Å². The van der Waals surface area contributed by atoms with E-state index in [1.807, 2.05) is 6.92 Å². The minimum atomic E-state index is -1.48. The van der Waals surface area contributed by atoms with E-state index in [1.54, 1.807) is 20.8 Å². The molecule has 0 aliphatic rings. The first-order chi connectivity index (χ1) is 6.75. The fourth-order valence-corrected chi connectivity index (χ4v) is 1.05. The van der Waals surface area contributed by atoms with Gasteiger partial charge in [-0.1, -0.05) is 19.8 Å². The first kappa shape index (κ1) is 14.1. The van der Waals surface area contributed by atoms with Crippen molar-refractivity contribution >= 4 is 12.3 Å². The van der Waals surface area contributed by atoms with Crippen molar-refractivity contribution in [3.05, 3.63) is 0 Å². The van der Waals surface area contributed by atoms with Crippen molar-refractivity contribution in [3.8, 4) is 0 Å². The molecule has 4 heteroatoms. The Bertz CT molecular complexity index is 232. The van der Waals surface area contributed by atoms with Crippen LogP contribution in [-0.2, 0) is 14.3 Å². The van der Waals surface area contributed by atoms with Gasteiger partial charge in [0.1, 0.15) is 5.60 Å². The summed E-state index contributed by atoms with van der Waals surface area (Å²) in [5, 5.41) is 0. The lowest BCUT2D eigenvalue weighted by atomic mass is 9.95. The lowest BCUT2D eigenvalue weighted by Crippen LogP contribution is -2.52. The lowest BCUT2D eigenvalue weighted by molar-refractivity contribution is -0.162. The van der Waals surface area contributed by atoms with Gasteiger partial charge in [-0.25, -0.2) is 4.79 Å². The van der Waals surface area contributed by atoms with E-state index in [4.69, 9.17) is 10.5 Å². The highest BCUT2D eigenvalue weighted by Crippen LogP contribution is 2.16. The van der Waals surface area contributed by atoms with E-state index in [9.17, 15) is 9.59 Å². The predicted molar refractivity (Wildman–Crippen MR) is 58.4 cm³/mol. The molecule has 0 aliphatic heterocycles. The molecule has 15 heavy (non-hydrogen) atoms. The summed E-state index contributed by atoms with van der Waals surface area (Å²) in [7, 11) is 0. The van der Waals surface area contributed by atoms with Crippen LogP contribution < -0.4 is 5.73 Å². The van der Waals surface area contributed by atoms with Gasteiger partial charge < -0.3 is 15.3 Å². The highest BCUT2D eigenvalue weighted by molar-refractivity contribution is 5.98. The van der Waals surface area contributed by atoms with Crippen LogP contribution in [0.1, 0.15) is 47.0 Å². The summed E-state index contributed by atoms with van der Waals surface area (Å²) in [6.45, 7) is 7.21. The highest BCUT2D eigenvalue weighted by atomic mass is 16.6. The van der Waals surface area contributed by atoms with E-state index in [0.29, 0.717) is 12.7 Å². The maximum atomic E-state index is 11.6. The van der Waals surface area contributed by atoms with Crippen LogP contribution in [0.5, 0.6) is 0 Å². The molecule has 0 rings (SSSR count). The van der Waals surface area contributed by atoms with Crippen LogP contribution in [-0.4, -0.2) is 23.4 Å². The molecule has 0 aromatic heterocycles. The maximum absolute atomic E-state index is 11.6. The summed E-state index contributed by atoms with van der Waals surface area (Å²) in [6, 6.07) is 0. The van der Waals surface area contributed by atoms with Gasteiger partial charge in [0, 0.05) is 0 Å². The van der Waals surface area contributed by atoms with Crippen molar-refractivity contribution in [1.29, 1.82) is 0 Å². The fourth-order valence-electron chi connectivity index (χ4n) is 1.05. The average Bonchev–Trinajstić information content (AvgIpc) is 2.11. The second-order valence-corrected chi connectivity index (χ2v) is 4.76. The molecule has 0 spiro atoms. The molecule has 0 fully saturated rings. The zero-order valence-corrected chi connectivity index (χ0v) is 10.0. The number of unbranched alkanes of at least 4 members (excludes halogenated alkanes) is 1. The standard InChI is InChI=1S/C11H21NO3/c1-5-6-7-11(12,8-13)9(14)15-10(2,3)4/h8H,5-7,12H2,1-4H3. The summed E-state index contributed by atoms with van der Waals surface area (Å²) in [6.07, 6.45) is 2.43. The van der Waals surface area contributed by atoms with Crippen LogP contribution in [0.3, 0.4) is 0 Å². The quantitative estimate of drug-likeness (QED) is 0.428. The number of esters is 1. The van der Waals surface area contributed by atoms with E-state index in [-0.39, 0.29) is 0 Å². The molecule has 4 nitrogen and oxygen atoms in total. The van der Waals surface area contributed by atoms with E-state index >= 15 is 0 Å². The number of hydrogen-bond acceptors (Lipinski definition) is 4. The van der Waals surface area contributed by atoms with Gasteiger partial charge in [0.2, 0.25) is 0 Å². The summed E-state index contributed by atoms with van der Waals surface area (Å²) >= 11 is 0. The van der Waals surface area contributed by atoms with Crippen LogP contribution >= 0.6 is 0 Å². The Labute approximate surface area is 91.2 Å². The van der Waals surface area contributed by atoms with Gasteiger partial charge in [-0.2, -0.15) is 0 Å². The molecule has 0 radical (unpaired) electrons. The molecule has 1 atom stereocenters. The molecule has 2 N–H and O–H groups in total. The summed E-state index contributed by atoms with van der Waals surface area (Å²) in [5.41, 5.74) is 3.59. The molecular formula is C11H21NO3. The Morgan fingerprint density at radius 2 is 1.93 bits per heavy atom. The maximum Gasteiger partial charge on any atom is 0.334 e. The zero-order chi connectivity index (χ0) is 12.1. The van der Waals surface area contributed by atoms with Crippen LogP contribution in [0.2, 0.25) is 0 Å². The normalized spacial score (nSPS) is 15.5. The van der Waals surface area contributed by atoms with Crippen molar-refractivity contribution in [2.24, 2.45) is 5.73 Å². The van der Waals surface area contributed by atoms with Gasteiger partial charge in [0.05, 0.1) is 0 Å². The predicted octanol–water partition coefficient (Wildman–Crippen LogP) is 1.41. The van der Waals surface area contributed by atoms with Gasteiger partial charge in [-0.15, -0.1) is 0 Å². The molecule has 0 heterocycles. The topological polar surface area (TPSA) is 69.4 Å². The van der Waals surface area contributed by atoms with Crippen molar-refractivity contribution in [1.82, 2.24) is 0 Å².